The van der Waals surface area contributed by atoms with E-state index in [0.717, 1.165) is 16.0 Å². The quantitative estimate of drug-likeness (QED) is 0.714. The molecule has 1 N–H and O–H groups in total. The largest absolute Gasteiger partial charge is 0.494 e. The predicted octanol–water partition coefficient (Wildman–Crippen LogP) is 3.44. The Morgan fingerprint density at radius 3 is 2.85 bits per heavy atom. The molecule has 0 fully saturated rings. The highest BCUT2D eigenvalue weighted by atomic mass is 32.1. The van der Waals surface area contributed by atoms with Crippen molar-refractivity contribution in [3.8, 4) is 23.0 Å². The molecule has 0 saturated heterocycles. The minimum atomic E-state index is -0.285. The van der Waals surface area contributed by atoms with E-state index in [2.05, 4.69) is 10.3 Å². The summed E-state index contributed by atoms with van der Waals surface area (Å²) >= 11 is 1.39. The fourth-order valence-electron chi connectivity index (χ4n) is 2.49. The molecule has 2 heterocycles. The van der Waals surface area contributed by atoms with Crippen LogP contribution >= 0.6 is 11.3 Å². The molecular formula is C18H16N2O5S. The van der Waals surface area contributed by atoms with Gasteiger partial charge in [-0.15, -0.1) is 0 Å². The Labute approximate surface area is 153 Å². The third-order valence-corrected chi connectivity index (χ3v) is 4.56. The minimum absolute atomic E-state index is 0.125. The van der Waals surface area contributed by atoms with Crippen molar-refractivity contribution in [1.82, 2.24) is 4.98 Å². The molecular weight excluding hydrogens is 356 g/mol. The van der Waals surface area contributed by atoms with Crippen molar-refractivity contribution in [3.05, 3.63) is 36.4 Å². The van der Waals surface area contributed by atoms with E-state index in [1.807, 2.05) is 25.1 Å². The average molecular weight is 372 g/mol. The van der Waals surface area contributed by atoms with E-state index in [1.54, 1.807) is 18.2 Å². The number of hydrogen-bond acceptors (Lipinski definition) is 7. The first-order chi connectivity index (χ1) is 12.7. The first-order valence-corrected chi connectivity index (χ1v) is 8.88. The summed E-state index contributed by atoms with van der Waals surface area (Å²) in [6, 6.07) is 10.8. The molecule has 1 aromatic heterocycles. The van der Waals surface area contributed by atoms with Gasteiger partial charge < -0.3 is 18.9 Å². The maximum atomic E-state index is 12.1. The number of nitrogens with one attached hydrogen (secondary N) is 1. The molecule has 4 rings (SSSR count). The molecule has 0 atom stereocenters. The average Bonchev–Trinajstić information content (AvgIpc) is 3.25. The van der Waals surface area contributed by atoms with Gasteiger partial charge in [0.1, 0.15) is 11.5 Å². The Bertz CT molecular complexity index is 956. The van der Waals surface area contributed by atoms with Gasteiger partial charge >= 0.3 is 0 Å². The van der Waals surface area contributed by atoms with Crippen LogP contribution in [-0.4, -0.2) is 30.9 Å². The number of fused-ring (bicyclic) bond motifs is 2. The molecule has 1 aliphatic heterocycles. The second-order valence-corrected chi connectivity index (χ2v) is 6.46. The lowest BCUT2D eigenvalue weighted by atomic mass is 10.3. The summed E-state index contributed by atoms with van der Waals surface area (Å²) in [7, 11) is 0. The third-order valence-electron chi connectivity index (χ3n) is 3.63. The highest BCUT2D eigenvalue weighted by Crippen LogP contribution is 2.35. The van der Waals surface area contributed by atoms with E-state index in [-0.39, 0.29) is 19.3 Å². The van der Waals surface area contributed by atoms with E-state index in [1.165, 1.54) is 11.3 Å². The number of anilines is 1. The molecule has 0 radical (unpaired) electrons. The summed E-state index contributed by atoms with van der Waals surface area (Å²) in [5.74, 6) is 2.32. The number of aromatic nitrogens is 1. The Morgan fingerprint density at radius 2 is 1.96 bits per heavy atom. The van der Waals surface area contributed by atoms with Crippen molar-refractivity contribution >= 4 is 32.6 Å². The van der Waals surface area contributed by atoms with Crippen LogP contribution in [0, 0.1) is 0 Å². The lowest BCUT2D eigenvalue weighted by Gasteiger charge is -2.06. The number of benzene rings is 2. The Balaban J connectivity index is 1.37. The van der Waals surface area contributed by atoms with Gasteiger partial charge in [-0.05, 0) is 37.3 Å². The Morgan fingerprint density at radius 1 is 1.15 bits per heavy atom. The van der Waals surface area contributed by atoms with Gasteiger partial charge in [0.15, 0.2) is 23.2 Å². The lowest BCUT2D eigenvalue weighted by molar-refractivity contribution is -0.118. The van der Waals surface area contributed by atoms with Gasteiger partial charge in [0.2, 0.25) is 6.79 Å². The van der Waals surface area contributed by atoms with Gasteiger partial charge in [-0.3, -0.25) is 10.1 Å². The van der Waals surface area contributed by atoms with Crippen molar-refractivity contribution in [3.63, 3.8) is 0 Å². The van der Waals surface area contributed by atoms with Crippen LogP contribution < -0.4 is 24.3 Å². The van der Waals surface area contributed by atoms with Crippen molar-refractivity contribution < 1.29 is 23.7 Å². The fourth-order valence-corrected chi connectivity index (χ4v) is 3.40. The molecule has 134 valence electrons. The van der Waals surface area contributed by atoms with Gasteiger partial charge in [0.25, 0.3) is 5.91 Å². The van der Waals surface area contributed by atoms with Gasteiger partial charge in [-0.25, -0.2) is 4.98 Å². The van der Waals surface area contributed by atoms with Crippen LogP contribution in [0.3, 0.4) is 0 Å². The van der Waals surface area contributed by atoms with Crippen molar-refractivity contribution in [1.29, 1.82) is 0 Å². The van der Waals surface area contributed by atoms with Gasteiger partial charge in [0.05, 0.1) is 16.8 Å². The van der Waals surface area contributed by atoms with Crippen molar-refractivity contribution in [2.24, 2.45) is 0 Å². The first-order valence-electron chi connectivity index (χ1n) is 8.07. The molecule has 0 spiro atoms. The highest BCUT2D eigenvalue weighted by molar-refractivity contribution is 7.22. The predicted molar refractivity (Wildman–Crippen MR) is 97.5 cm³/mol. The second kappa shape index (κ2) is 7.09. The SMILES string of the molecule is CCOc1ccc2nc(NC(=O)COc3ccc4c(c3)OCO4)sc2c1. The molecule has 3 aromatic rings. The number of amides is 1. The topological polar surface area (TPSA) is 78.9 Å². The lowest BCUT2D eigenvalue weighted by Crippen LogP contribution is -2.19. The summed E-state index contributed by atoms with van der Waals surface area (Å²) in [6.45, 7) is 2.61. The molecule has 1 aliphatic rings. The van der Waals surface area contributed by atoms with Crippen LogP contribution in [0.4, 0.5) is 5.13 Å². The summed E-state index contributed by atoms with van der Waals surface area (Å²) < 4.78 is 22.4. The molecule has 0 unspecified atom stereocenters. The normalized spacial score (nSPS) is 12.2. The van der Waals surface area contributed by atoms with E-state index >= 15 is 0 Å². The Kier molecular flexibility index (Phi) is 4.49. The Hall–Kier alpha value is -3.00. The van der Waals surface area contributed by atoms with E-state index < -0.39 is 0 Å². The second-order valence-electron chi connectivity index (χ2n) is 5.43. The third kappa shape index (κ3) is 3.50. The van der Waals surface area contributed by atoms with Gasteiger partial charge in [-0.1, -0.05) is 11.3 Å². The molecule has 26 heavy (non-hydrogen) atoms. The van der Waals surface area contributed by atoms with Crippen molar-refractivity contribution in [2.45, 2.75) is 6.92 Å². The molecule has 7 nitrogen and oxygen atoms in total. The summed E-state index contributed by atoms with van der Waals surface area (Å²) in [4.78, 5) is 16.5. The minimum Gasteiger partial charge on any atom is -0.494 e. The number of hydrogen-bond donors (Lipinski definition) is 1. The molecule has 2 aromatic carbocycles. The maximum Gasteiger partial charge on any atom is 0.264 e. The molecule has 0 saturated carbocycles. The molecule has 1 amide bonds. The zero-order chi connectivity index (χ0) is 17.9. The van der Waals surface area contributed by atoms with Crippen LogP contribution in [0.5, 0.6) is 23.0 Å². The van der Waals surface area contributed by atoms with E-state index in [4.69, 9.17) is 18.9 Å². The number of ether oxygens (including phenoxy) is 4. The van der Waals surface area contributed by atoms with E-state index in [9.17, 15) is 4.79 Å². The smallest absolute Gasteiger partial charge is 0.264 e. The van der Waals surface area contributed by atoms with Crippen LogP contribution in [0.15, 0.2) is 36.4 Å². The molecule has 0 bridgehead atoms. The summed E-state index contributed by atoms with van der Waals surface area (Å²) in [5.41, 5.74) is 0.811. The van der Waals surface area contributed by atoms with Crippen molar-refractivity contribution in [2.75, 3.05) is 25.3 Å². The number of rotatable bonds is 6. The van der Waals surface area contributed by atoms with Crippen LogP contribution in [0.1, 0.15) is 6.92 Å². The molecule has 8 heteroatoms. The van der Waals surface area contributed by atoms with Crippen LogP contribution in [0.2, 0.25) is 0 Å². The summed E-state index contributed by atoms with van der Waals surface area (Å²) in [5, 5.41) is 3.27. The number of carbonyl (C=O) groups excluding carboxylic acids is 1. The van der Waals surface area contributed by atoms with E-state index in [0.29, 0.717) is 29.0 Å². The zero-order valence-corrected chi connectivity index (χ0v) is 14.8. The number of thiazole rings is 1. The van der Waals surface area contributed by atoms with Crippen LogP contribution in [-0.2, 0) is 4.79 Å². The van der Waals surface area contributed by atoms with Gasteiger partial charge in [0, 0.05) is 6.07 Å². The number of nitrogens with zero attached hydrogens (tertiary/aromatic N) is 1. The number of carbonyl (C=O) groups is 1. The standard InChI is InChI=1S/C18H16N2O5S/c1-2-22-12-3-5-13-16(8-12)26-18(19-13)20-17(21)9-23-11-4-6-14-15(7-11)25-10-24-14/h3-8H,2,9-10H2,1H3,(H,19,20,21). The van der Waals surface area contributed by atoms with Crippen LogP contribution in [0.25, 0.3) is 10.2 Å². The maximum absolute atomic E-state index is 12.1. The zero-order valence-electron chi connectivity index (χ0n) is 14.0. The highest BCUT2D eigenvalue weighted by Gasteiger charge is 2.15. The molecule has 0 aliphatic carbocycles. The monoisotopic (exact) mass is 372 g/mol. The fraction of sp³-hybridized carbons (Fsp3) is 0.222. The summed E-state index contributed by atoms with van der Waals surface area (Å²) in [6.07, 6.45) is 0. The first kappa shape index (κ1) is 16.5. The van der Waals surface area contributed by atoms with Gasteiger partial charge in [-0.2, -0.15) is 0 Å².